The van der Waals surface area contributed by atoms with Gasteiger partial charge >= 0.3 is 0 Å². The molecular formula is C30H37N3O5S. The Balaban J connectivity index is 1.87. The molecule has 0 radical (unpaired) electrons. The van der Waals surface area contributed by atoms with Crippen LogP contribution in [0.15, 0.2) is 78.9 Å². The third-order valence-electron chi connectivity index (χ3n) is 6.19. The number of carbonyl (C=O) groups is 2. The van der Waals surface area contributed by atoms with Crippen molar-refractivity contribution in [2.24, 2.45) is 0 Å². The molecular weight excluding hydrogens is 514 g/mol. The van der Waals surface area contributed by atoms with Crippen LogP contribution in [0.25, 0.3) is 0 Å². The summed E-state index contributed by atoms with van der Waals surface area (Å²) < 4.78 is 32.5. The number of anilines is 1. The van der Waals surface area contributed by atoms with Gasteiger partial charge in [0.1, 0.15) is 24.1 Å². The van der Waals surface area contributed by atoms with Gasteiger partial charge in [-0.05, 0) is 61.7 Å². The lowest BCUT2D eigenvalue weighted by Crippen LogP contribution is -2.52. The van der Waals surface area contributed by atoms with E-state index in [1.165, 1.54) is 4.90 Å². The molecule has 0 heterocycles. The van der Waals surface area contributed by atoms with Crippen LogP contribution in [0.3, 0.4) is 0 Å². The van der Waals surface area contributed by atoms with Crippen LogP contribution in [-0.2, 0) is 26.2 Å². The van der Waals surface area contributed by atoms with Crippen LogP contribution in [0.5, 0.6) is 11.5 Å². The Morgan fingerprint density at radius 3 is 2.08 bits per heavy atom. The Morgan fingerprint density at radius 2 is 1.51 bits per heavy atom. The van der Waals surface area contributed by atoms with Gasteiger partial charge in [0.2, 0.25) is 21.8 Å². The molecule has 0 aliphatic rings. The predicted octanol–water partition coefficient (Wildman–Crippen LogP) is 4.89. The van der Waals surface area contributed by atoms with Crippen LogP contribution in [0.2, 0.25) is 0 Å². The Labute approximate surface area is 231 Å². The van der Waals surface area contributed by atoms with E-state index in [0.717, 1.165) is 28.1 Å². The molecule has 3 aromatic carbocycles. The maximum absolute atomic E-state index is 13.7. The summed E-state index contributed by atoms with van der Waals surface area (Å²) in [7, 11) is -3.82. The van der Waals surface area contributed by atoms with E-state index < -0.39 is 28.5 Å². The number of rotatable bonds is 13. The summed E-state index contributed by atoms with van der Waals surface area (Å²) in [5.41, 5.74) is 2.25. The van der Waals surface area contributed by atoms with Gasteiger partial charge in [-0.15, -0.1) is 0 Å². The number of amides is 2. The lowest BCUT2D eigenvalue weighted by atomic mass is 10.1. The van der Waals surface area contributed by atoms with Crippen molar-refractivity contribution in [3.63, 3.8) is 0 Å². The lowest BCUT2D eigenvalue weighted by molar-refractivity contribution is -0.140. The molecule has 1 unspecified atom stereocenters. The largest absolute Gasteiger partial charge is 0.457 e. The molecule has 3 aromatic rings. The fourth-order valence-corrected chi connectivity index (χ4v) is 4.94. The van der Waals surface area contributed by atoms with Gasteiger partial charge in [0.15, 0.2) is 0 Å². The minimum atomic E-state index is -3.82. The van der Waals surface area contributed by atoms with E-state index in [4.69, 9.17) is 4.74 Å². The smallest absolute Gasteiger partial charge is 0.244 e. The maximum Gasteiger partial charge on any atom is 0.244 e. The molecule has 1 N–H and O–H groups in total. The average Bonchev–Trinajstić information content (AvgIpc) is 2.92. The maximum atomic E-state index is 13.7. The van der Waals surface area contributed by atoms with Gasteiger partial charge in [0, 0.05) is 13.1 Å². The first-order valence-corrected chi connectivity index (χ1v) is 14.9. The third-order valence-corrected chi connectivity index (χ3v) is 7.33. The second-order valence-corrected chi connectivity index (χ2v) is 11.3. The zero-order chi connectivity index (χ0) is 28.4. The molecule has 2 amide bonds. The highest BCUT2D eigenvalue weighted by atomic mass is 32.2. The molecule has 0 aliphatic heterocycles. The number of aryl methyl sites for hydroxylation is 1. The first kappa shape index (κ1) is 29.7. The summed E-state index contributed by atoms with van der Waals surface area (Å²) in [6.45, 7) is 6.00. The summed E-state index contributed by atoms with van der Waals surface area (Å²) in [6, 6.07) is 22.7. The molecule has 1 atom stereocenters. The lowest BCUT2D eigenvalue weighted by Gasteiger charge is -2.33. The Hall–Kier alpha value is -3.85. The minimum Gasteiger partial charge on any atom is -0.457 e. The SMILES string of the molecule is CCCNC(=O)C(CC)N(Cc1ccc(C)cc1)C(=O)CN(c1ccc(Oc2ccccc2)cc1)S(C)(=O)=O. The molecule has 0 bridgehead atoms. The number of nitrogens with zero attached hydrogens (tertiary/aromatic N) is 2. The molecule has 208 valence electrons. The quantitative estimate of drug-likeness (QED) is 0.326. The van der Waals surface area contributed by atoms with Gasteiger partial charge in [-0.25, -0.2) is 8.42 Å². The Bertz CT molecular complexity index is 1330. The molecule has 8 nitrogen and oxygen atoms in total. The van der Waals surface area contributed by atoms with Crippen molar-refractivity contribution < 1.29 is 22.7 Å². The van der Waals surface area contributed by atoms with E-state index in [1.54, 1.807) is 24.3 Å². The number of sulfonamides is 1. The molecule has 0 aliphatic carbocycles. The molecule has 0 saturated carbocycles. The third kappa shape index (κ3) is 8.58. The normalized spacial score (nSPS) is 11.9. The van der Waals surface area contributed by atoms with E-state index in [9.17, 15) is 18.0 Å². The fraction of sp³-hybridized carbons (Fsp3) is 0.333. The van der Waals surface area contributed by atoms with E-state index in [2.05, 4.69) is 5.32 Å². The summed E-state index contributed by atoms with van der Waals surface area (Å²) >= 11 is 0. The van der Waals surface area contributed by atoms with Gasteiger partial charge in [-0.3, -0.25) is 13.9 Å². The monoisotopic (exact) mass is 551 g/mol. The predicted molar refractivity (Wildman–Crippen MR) is 154 cm³/mol. The van der Waals surface area contributed by atoms with Crippen molar-refractivity contribution in [3.05, 3.63) is 90.0 Å². The second-order valence-electron chi connectivity index (χ2n) is 9.40. The number of hydrogen-bond donors (Lipinski definition) is 1. The first-order valence-electron chi connectivity index (χ1n) is 13.1. The fourth-order valence-electron chi connectivity index (χ4n) is 4.09. The van der Waals surface area contributed by atoms with E-state index in [1.807, 2.05) is 75.4 Å². The highest BCUT2D eigenvalue weighted by molar-refractivity contribution is 7.92. The van der Waals surface area contributed by atoms with Crippen LogP contribution < -0.4 is 14.4 Å². The number of hydrogen-bond acceptors (Lipinski definition) is 5. The molecule has 0 aromatic heterocycles. The topological polar surface area (TPSA) is 96.0 Å². The van der Waals surface area contributed by atoms with Crippen molar-refractivity contribution in [3.8, 4) is 11.5 Å². The van der Waals surface area contributed by atoms with E-state index in [-0.39, 0.29) is 12.5 Å². The minimum absolute atomic E-state index is 0.179. The molecule has 39 heavy (non-hydrogen) atoms. The van der Waals surface area contributed by atoms with Gasteiger partial charge in [0.05, 0.1) is 11.9 Å². The Kier molecular flexibility index (Phi) is 10.5. The Morgan fingerprint density at radius 1 is 0.897 bits per heavy atom. The average molecular weight is 552 g/mol. The van der Waals surface area contributed by atoms with Gasteiger partial charge in [-0.1, -0.05) is 61.9 Å². The zero-order valence-electron chi connectivity index (χ0n) is 23.0. The van der Waals surface area contributed by atoms with Gasteiger partial charge < -0.3 is 15.0 Å². The summed E-state index contributed by atoms with van der Waals surface area (Å²) in [4.78, 5) is 28.2. The summed E-state index contributed by atoms with van der Waals surface area (Å²) in [5, 5.41) is 2.88. The summed E-state index contributed by atoms with van der Waals surface area (Å²) in [6.07, 6.45) is 2.21. The molecule has 0 spiro atoms. The highest BCUT2D eigenvalue weighted by Gasteiger charge is 2.31. The summed E-state index contributed by atoms with van der Waals surface area (Å²) in [5.74, 6) is 0.459. The van der Waals surface area contributed by atoms with Crippen molar-refractivity contribution in [1.82, 2.24) is 10.2 Å². The van der Waals surface area contributed by atoms with Crippen LogP contribution in [-0.4, -0.2) is 50.5 Å². The van der Waals surface area contributed by atoms with Crippen LogP contribution >= 0.6 is 0 Å². The number of nitrogens with one attached hydrogen (secondary N) is 1. The van der Waals surface area contributed by atoms with E-state index in [0.29, 0.717) is 30.2 Å². The molecule has 0 fully saturated rings. The van der Waals surface area contributed by atoms with Gasteiger partial charge in [0.25, 0.3) is 0 Å². The van der Waals surface area contributed by atoms with Crippen LogP contribution in [0, 0.1) is 6.92 Å². The standard InChI is InChI=1S/C30H37N3O5S/c1-5-20-31-30(35)28(6-2)32(21-24-14-12-23(3)13-15-24)29(34)22-33(39(4,36)37)25-16-18-27(19-17-25)38-26-10-8-7-9-11-26/h7-19,28H,5-6,20-22H2,1-4H3,(H,31,35). The van der Waals surface area contributed by atoms with Crippen molar-refractivity contribution in [1.29, 1.82) is 0 Å². The first-order chi connectivity index (χ1) is 18.6. The molecule has 0 saturated heterocycles. The number of para-hydroxylation sites is 1. The number of ether oxygens (including phenoxy) is 1. The zero-order valence-corrected chi connectivity index (χ0v) is 23.8. The van der Waals surface area contributed by atoms with Gasteiger partial charge in [-0.2, -0.15) is 0 Å². The molecule has 9 heteroatoms. The number of carbonyl (C=O) groups excluding carboxylic acids is 2. The molecule has 3 rings (SSSR count). The second kappa shape index (κ2) is 13.8. The van der Waals surface area contributed by atoms with Crippen LogP contribution in [0.1, 0.15) is 37.8 Å². The number of benzene rings is 3. The highest BCUT2D eigenvalue weighted by Crippen LogP contribution is 2.26. The van der Waals surface area contributed by atoms with E-state index >= 15 is 0 Å². The van der Waals surface area contributed by atoms with Crippen LogP contribution in [0.4, 0.5) is 5.69 Å². The van der Waals surface area contributed by atoms with Crippen molar-refractivity contribution in [2.45, 2.75) is 46.2 Å². The van der Waals surface area contributed by atoms with Crippen molar-refractivity contribution >= 4 is 27.5 Å². The van der Waals surface area contributed by atoms with Crippen molar-refractivity contribution in [2.75, 3.05) is 23.7 Å².